The first-order valence-electron chi connectivity index (χ1n) is 12.6. The molecule has 9 heteroatoms. The summed E-state index contributed by atoms with van der Waals surface area (Å²) in [4.78, 5) is 16.6. The number of alkyl halides is 3. The van der Waals surface area contributed by atoms with E-state index in [9.17, 15) is 18.0 Å². The lowest BCUT2D eigenvalue weighted by molar-refractivity contribution is -0.274. The predicted octanol–water partition coefficient (Wildman–Crippen LogP) is 7.75. The molecule has 0 aliphatic heterocycles. The number of halogens is 3. The van der Waals surface area contributed by atoms with Crippen LogP contribution in [0.15, 0.2) is 78.9 Å². The number of nitrogens with zero attached hydrogens (tertiary/aromatic N) is 2. The maximum Gasteiger partial charge on any atom is 0.573 e. The van der Waals surface area contributed by atoms with Crippen LogP contribution < -0.4 is 15.8 Å². The van der Waals surface area contributed by atoms with E-state index < -0.39 is 12.3 Å². The molecule has 0 saturated heterocycles. The fourth-order valence-electron chi connectivity index (χ4n) is 5.50. The number of primary amides is 1. The highest BCUT2D eigenvalue weighted by atomic mass is 19.4. The zero-order chi connectivity index (χ0) is 27.9. The minimum absolute atomic E-state index is 0.0551. The van der Waals surface area contributed by atoms with Crippen LogP contribution in [0, 0.1) is 5.41 Å². The molecule has 1 aliphatic carbocycles. The summed E-state index contributed by atoms with van der Waals surface area (Å²) >= 11 is 0. The van der Waals surface area contributed by atoms with E-state index in [2.05, 4.69) is 35.0 Å². The van der Waals surface area contributed by atoms with Crippen molar-refractivity contribution in [1.82, 2.24) is 9.55 Å². The Morgan fingerprint density at radius 2 is 1.82 bits per heavy atom. The number of carbonyl (C=O) groups excluding carboxylic acids is 1. The molecule has 3 aromatic carbocycles. The topological polar surface area (TPSA) is 82.2 Å². The number of anilines is 2. The van der Waals surface area contributed by atoms with Gasteiger partial charge in [-0.25, -0.2) is 4.98 Å². The van der Waals surface area contributed by atoms with Crippen molar-refractivity contribution in [2.75, 3.05) is 5.32 Å². The third kappa shape index (κ3) is 5.92. The summed E-state index contributed by atoms with van der Waals surface area (Å²) in [7, 11) is 0. The number of aromatic nitrogens is 2. The van der Waals surface area contributed by atoms with Gasteiger partial charge in [0.2, 0.25) is 11.9 Å². The average Bonchev–Trinajstić information content (AvgIpc) is 3.20. The Hall–Kier alpha value is -4.27. The molecule has 1 saturated carbocycles. The van der Waals surface area contributed by atoms with Gasteiger partial charge in [0.25, 0.3) is 0 Å². The number of nitrogens with two attached hydrogens (primary N) is 1. The van der Waals surface area contributed by atoms with Crippen LogP contribution in [0.5, 0.6) is 5.75 Å². The Bertz CT molecular complexity index is 1550. The molecule has 1 amide bonds. The zero-order valence-electron chi connectivity index (χ0n) is 21.7. The maximum atomic E-state index is 12.6. The number of carbonyl (C=O) groups is 1. The minimum Gasteiger partial charge on any atom is -0.406 e. The lowest BCUT2D eigenvalue weighted by Gasteiger charge is -2.38. The van der Waals surface area contributed by atoms with Gasteiger partial charge in [-0.1, -0.05) is 44.2 Å². The smallest absolute Gasteiger partial charge is 0.406 e. The van der Waals surface area contributed by atoms with Crippen molar-refractivity contribution >= 4 is 28.6 Å². The molecule has 1 aromatic heterocycles. The molecule has 202 valence electrons. The number of hydrogen-bond acceptors (Lipinski definition) is 4. The van der Waals surface area contributed by atoms with E-state index in [1.807, 2.05) is 24.3 Å². The molecule has 6 nitrogen and oxygen atoms in total. The zero-order valence-corrected chi connectivity index (χ0v) is 21.7. The van der Waals surface area contributed by atoms with Crippen LogP contribution in [-0.2, 0) is 0 Å². The van der Waals surface area contributed by atoms with Gasteiger partial charge in [0.15, 0.2) is 0 Å². The first kappa shape index (κ1) is 26.3. The number of nitrogens with one attached hydrogen (secondary N) is 1. The number of fused-ring (bicyclic) bond motifs is 1. The monoisotopic (exact) mass is 534 g/mol. The number of hydrogen-bond donors (Lipinski definition) is 2. The molecule has 3 N–H and O–H groups in total. The van der Waals surface area contributed by atoms with Gasteiger partial charge >= 0.3 is 6.36 Å². The Morgan fingerprint density at radius 3 is 2.49 bits per heavy atom. The molecule has 1 atom stereocenters. The summed E-state index contributed by atoms with van der Waals surface area (Å²) in [5.74, 6) is -0.219. The van der Waals surface area contributed by atoms with Gasteiger partial charge in [-0.2, -0.15) is 0 Å². The van der Waals surface area contributed by atoms with E-state index >= 15 is 0 Å². The van der Waals surface area contributed by atoms with Gasteiger partial charge in [0, 0.05) is 17.3 Å². The highest BCUT2D eigenvalue weighted by molar-refractivity contribution is 5.94. The quantitative estimate of drug-likeness (QED) is 0.248. The van der Waals surface area contributed by atoms with Crippen LogP contribution in [-0.4, -0.2) is 21.8 Å². The van der Waals surface area contributed by atoms with Crippen LogP contribution in [0.3, 0.4) is 0 Å². The normalized spacial score (nSPS) is 17.3. The van der Waals surface area contributed by atoms with E-state index in [0.29, 0.717) is 17.2 Å². The molecular formula is C30H29F3N4O2. The van der Waals surface area contributed by atoms with Gasteiger partial charge in [-0.15, -0.1) is 13.2 Å². The summed E-state index contributed by atoms with van der Waals surface area (Å²) in [6.07, 6.45) is -2.11. The number of ether oxygens (including phenoxy) is 1. The second kappa shape index (κ2) is 9.80. The van der Waals surface area contributed by atoms with E-state index in [-0.39, 0.29) is 17.2 Å². The number of imidazole rings is 1. The van der Waals surface area contributed by atoms with Crippen LogP contribution in [0.25, 0.3) is 22.2 Å². The third-order valence-electron chi connectivity index (χ3n) is 6.92. The van der Waals surface area contributed by atoms with E-state index in [4.69, 9.17) is 10.7 Å². The SMILES string of the molecule is C=C1C[C@@H](n2c(Nc3ccc(OC(F)(F)F)cc3)nc3cc(-c4cccc(C(N)=O)c4)ccc32)CC(C)(C)C1. The second-order valence-electron chi connectivity index (χ2n) is 10.8. The van der Waals surface area contributed by atoms with E-state index in [1.165, 1.54) is 24.3 Å². The Kier molecular flexibility index (Phi) is 6.62. The highest BCUT2D eigenvalue weighted by Crippen LogP contribution is 2.45. The molecule has 5 rings (SSSR count). The van der Waals surface area contributed by atoms with E-state index in [0.717, 1.165) is 47.0 Å². The van der Waals surface area contributed by atoms with Crippen molar-refractivity contribution in [1.29, 1.82) is 0 Å². The molecule has 0 unspecified atom stereocenters. The van der Waals surface area contributed by atoms with Gasteiger partial charge < -0.3 is 20.4 Å². The maximum absolute atomic E-state index is 12.6. The summed E-state index contributed by atoms with van der Waals surface area (Å²) < 4.78 is 43.9. The second-order valence-corrected chi connectivity index (χ2v) is 10.8. The van der Waals surface area contributed by atoms with Gasteiger partial charge in [0.1, 0.15) is 5.75 Å². The van der Waals surface area contributed by atoms with Crippen molar-refractivity contribution < 1.29 is 22.7 Å². The number of allylic oxidation sites excluding steroid dienone is 1. The molecule has 39 heavy (non-hydrogen) atoms. The number of rotatable bonds is 6. The van der Waals surface area contributed by atoms with Crippen molar-refractivity contribution in [2.24, 2.45) is 11.1 Å². The molecule has 1 aliphatic rings. The Labute approximate surface area is 224 Å². The predicted molar refractivity (Wildman–Crippen MR) is 146 cm³/mol. The highest BCUT2D eigenvalue weighted by Gasteiger charge is 2.33. The van der Waals surface area contributed by atoms with Gasteiger partial charge in [0.05, 0.1) is 11.0 Å². The fourth-order valence-corrected chi connectivity index (χ4v) is 5.50. The fraction of sp³-hybridized carbons (Fsp3) is 0.267. The summed E-state index contributed by atoms with van der Waals surface area (Å²) in [6, 6.07) is 18.7. The molecule has 0 spiro atoms. The molecule has 1 fully saturated rings. The first-order chi connectivity index (χ1) is 18.4. The lowest BCUT2D eigenvalue weighted by atomic mass is 9.73. The van der Waals surface area contributed by atoms with Crippen molar-refractivity contribution in [3.05, 3.63) is 84.4 Å². The van der Waals surface area contributed by atoms with Crippen molar-refractivity contribution in [3.63, 3.8) is 0 Å². The number of benzene rings is 3. The molecule has 0 radical (unpaired) electrons. The van der Waals surface area contributed by atoms with Crippen LogP contribution in [0.2, 0.25) is 0 Å². The largest absolute Gasteiger partial charge is 0.573 e. The van der Waals surface area contributed by atoms with E-state index in [1.54, 1.807) is 18.2 Å². The lowest BCUT2D eigenvalue weighted by Crippen LogP contribution is -2.26. The molecule has 0 bridgehead atoms. The van der Waals surface area contributed by atoms with Crippen LogP contribution in [0.4, 0.5) is 24.8 Å². The Morgan fingerprint density at radius 1 is 1.10 bits per heavy atom. The van der Waals surface area contributed by atoms with Gasteiger partial charge in [-0.05, 0) is 84.3 Å². The minimum atomic E-state index is -4.76. The standard InChI is InChI=1S/C30H29F3N4O2/c1-18-13-23(17-29(2,3)16-18)37-26-12-7-20(19-5-4-6-21(14-19)27(34)38)15-25(26)36-28(37)35-22-8-10-24(11-9-22)39-30(31,32)33/h4-12,14-15,23H,1,13,16-17H2,2-3H3,(H2,34,38)(H,35,36)/t23-/m1/s1. The third-order valence-corrected chi connectivity index (χ3v) is 6.92. The van der Waals surface area contributed by atoms with Crippen LogP contribution in [0.1, 0.15) is 49.5 Å². The average molecular weight is 535 g/mol. The molecule has 1 heterocycles. The summed E-state index contributed by atoms with van der Waals surface area (Å²) in [5.41, 5.74) is 11.1. The molecule has 4 aromatic rings. The summed E-state index contributed by atoms with van der Waals surface area (Å²) in [5, 5.41) is 3.30. The number of amides is 1. The Balaban J connectivity index is 1.56. The van der Waals surface area contributed by atoms with Gasteiger partial charge in [-0.3, -0.25) is 4.79 Å². The first-order valence-corrected chi connectivity index (χ1v) is 12.6. The van der Waals surface area contributed by atoms with Crippen molar-refractivity contribution in [3.8, 4) is 16.9 Å². The summed E-state index contributed by atoms with van der Waals surface area (Å²) in [6.45, 7) is 8.73. The van der Waals surface area contributed by atoms with Crippen LogP contribution >= 0.6 is 0 Å². The van der Waals surface area contributed by atoms with Crippen molar-refractivity contribution in [2.45, 2.75) is 45.5 Å². The molecular weight excluding hydrogens is 505 g/mol.